The van der Waals surface area contributed by atoms with Gasteiger partial charge in [-0.2, -0.15) is 0 Å². The molecule has 2 amide bonds. The minimum Gasteiger partial charge on any atom is -0.335 e. The maximum absolute atomic E-state index is 13.5. The predicted molar refractivity (Wildman–Crippen MR) is 73.5 cm³/mol. The van der Waals surface area contributed by atoms with Gasteiger partial charge in [-0.3, -0.25) is 0 Å². The molecule has 0 bridgehead atoms. The van der Waals surface area contributed by atoms with Crippen LogP contribution >= 0.6 is 0 Å². The first-order valence-corrected chi connectivity index (χ1v) is 6.89. The molecule has 2 N–H and O–H groups in total. The number of benzene rings is 1. The summed E-state index contributed by atoms with van der Waals surface area (Å²) in [4.78, 5) is 11.8. The van der Waals surface area contributed by atoms with Crippen LogP contribution in [0.25, 0.3) is 0 Å². The Hall–Kier alpha value is -1.58. The third-order valence-electron chi connectivity index (χ3n) is 3.73. The molecule has 1 atom stereocenters. The van der Waals surface area contributed by atoms with Gasteiger partial charge in [0.05, 0.1) is 6.04 Å². The average Bonchev–Trinajstić information content (AvgIpc) is 2.85. The third kappa shape index (κ3) is 3.69. The van der Waals surface area contributed by atoms with Crippen LogP contribution in [0.5, 0.6) is 0 Å². The Bertz CT molecular complexity index is 455. The molecule has 1 unspecified atom stereocenters. The van der Waals surface area contributed by atoms with E-state index in [1.54, 1.807) is 13.0 Å². The molecule has 1 saturated carbocycles. The third-order valence-corrected chi connectivity index (χ3v) is 3.73. The van der Waals surface area contributed by atoms with Crippen molar-refractivity contribution in [2.24, 2.45) is 0 Å². The molecule has 19 heavy (non-hydrogen) atoms. The number of nitrogens with one attached hydrogen (secondary N) is 2. The smallest absolute Gasteiger partial charge is 0.315 e. The van der Waals surface area contributed by atoms with Crippen molar-refractivity contribution >= 4 is 6.03 Å². The monoisotopic (exact) mass is 264 g/mol. The van der Waals surface area contributed by atoms with Crippen molar-refractivity contribution in [3.63, 3.8) is 0 Å². The van der Waals surface area contributed by atoms with Crippen molar-refractivity contribution < 1.29 is 9.18 Å². The molecule has 0 aliphatic heterocycles. The van der Waals surface area contributed by atoms with Gasteiger partial charge in [-0.05, 0) is 43.9 Å². The SMILES string of the molecule is Cc1ccc(C(C)NC(=O)NC2CCCC2)cc1F. The summed E-state index contributed by atoms with van der Waals surface area (Å²) in [6, 6.07) is 4.99. The zero-order valence-electron chi connectivity index (χ0n) is 11.5. The molecule has 3 nitrogen and oxygen atoms in total. The highest BCUT2D eigenvalue weighted by Crippen LogP contribution is 2.18. The van der Waals surface area contributed by atoms with Gasteiger partial charge in [0, 0.05) is 6.04 Å². The summed E-state index contributed by atoms with van der Waals surface area (Å²) >= 11 is 0. The van der Waals surface area contributed by atoms with Crippen LogP contribution in [0, 0.1) is 12.7 Å². The Labute approximate surface area is 113 Å². The van der Waals surface area contributed by atoms with Gasteiger partial charge < -0.3 is 10.6 Å². The molecule has 0 saturated heterocycles. The lowest BCUT2D eigenvalue weighted by molar-refractivity contribution is 0.234. The predicted octanol–water partition coefficient (Wildman–Crippen LogP) is 3.44. The van der Waals surface area contributed by atoms with Crippen molar-refractivity contribution in [1.82, 2.24) is 10.6 Å². The van der Waals surface area contributed by atoms with Crippen LogP contribution in [-0.2, 0) is 0 Å². The molecular formula is C15H21FN2O. The van der Waals surface area contributed by atoms with Crippen LogP contribution in [0.3, 0.4) is 0 Å². The van der Waals surface area contributed by atoms with E-state index < -0.39 is 0 Å². The Kier molecular flexibility index (Phi) is 4.40. The Morgan fingerprint density at radius 1 is 1.37 bits per heavy atom. The number of hydrogen-bond donors (Lipinski definition) is 2. The van der Waals surface area contributed by atoms with E-state index in [-0.39, 0.29) is 17.9 Å². The average molecular weight is 264 g/mol. The molecule has 1 aliphatic carbocycles. The molecule has 1 aliphatic rings. The second-order valence-corrected chi connectivity index (χ2v) is 5.33. The van der Waals surface area contributed by atoms with Crippen molar-refractivity contribution in [2.45, 2.75) is 51.6 Å². The molecule has 2 rings (SSSR count). The summed E-state index contributed by atoms with van der Waals surface area (Å²) in [7, 11) is 0. The van der Waals surface area contributed by atoms with Gasteiger partial charge in [0.25, 0.3) is 0 Å². The van der Waals surface area contributed by atoms with Crippen molar-refractivity contribution in [1.29, 1.82) is 0 Å². The number of hydrogen-bond acceptors (Lipinski definition) is 1. The Balaban J connectivity index is 1.90. The second-order valence-electron chi connectivity index (χ2n) is 5.33. The standard InChI is InChI=1S/C15H21FN2O/c1-10-7-8-12(9-14(10)16)11(2)17-15(19)18-13-5-3-4-6-13/h7-9,11,13H,3-6H2,1-2H3,(H2,17,18,19). The fraction of sp³-hybridized carbons (Fsp3) is 0.533. The number of carbonyl (C=O) groups excluding carboxylic acids is 1. The first kappa shape index (κ1) is 13.8. The van der Waals surface area contributed by atoms with Crippen molar-refractivity contribution in [2.75, 3.05) is 0 Å². The minimum atomic E-state index is -0.234. The zero-order chi connectivity index (χ0) is 13.8. The highest BCUT2D eigenvalue weighted by Gasteiger charge is 2.18. The topological polar surface area (TPSA) is 41.1 Å². The minimum absolute atomic E-state index is 0.166. The Morgan fingerprint density at radius 3 is 2.68 bits per heavy atom. The van der Waals surface area contributed by atoms with Gasteiger partial charge in [-0.25, -0.2) is 9.18 Å². The van der Waals surface area contributed by atoms with Gasteiger partial charge in [0.1, 0.15) is 5.82 Å². The van der Waals surface area contributed by atoms with Crippen LogP contribution < -0.4 is 10.6 Å². The van der Waals surface area contributed by atoms with E-state index in [0.717, 1.165) is 18.4 Å². The molecular weight excluding hydrogens is 243 g/mol. The summed E-state index contributed by atoms with van der Waals surface area (Å²) in [5.41, 5.74) is 1.40. The van der Waals surface area contributed by atoms with Crippen LogP contribution in [0.15, 0.2) is 18.2 Å². The molecule has 1 fully saturated rings. The molecule has 0 radical (unpaired) electrons. The maximum atomic E-state index is 13.5. The summed E-state index contributed by atoms with van der Waals surface area (Å²) < 4.78 is 13.5. The van der Waals surface area contributed by atoms with E-state index >= 15 is 0 Å². The Morgan fingerprint density at radius 2 is 2.05 bits per heavy atom. The molecule has 0 aromatic heterocycles. The van der Waals surface area contributed by atoms with E-state index in [1.807, 2.05) is 13.0 Å². The first-order valence-electron chi connectivity index (χ1n) is 6.89. The normalized spacial score (nSPS) is 17.2. The molecule has 1 aromatic rings. The van der Waals surface area contributed by atoms with Gasteiger partial charge in [-0.15, -0.1) is 0 Å². The number of amides is 2. The largest absolute Gasteiger partial charge is 0.335 e. The maximum Gasteiger partial charge on any atom is 0.315 e. The van der Waals surface area contributed by atoms with E-state index in [0.29, 0.717) is 11.6 Å². The van der Waals surface area contributed by atoms with E-state index in [9.17, 15) is 9.18 Å². The lowest BCUT2D eigenvalue weighted by Crippen LogP contribution is -2.41. The molecule has 0 spiro atoms. The fourth-order valence-electron chi connectivity index (χ4n) is 2.46. The summed E-state index contributed by atoms with van der Waals surface area (Å²) in [6.07, 6.45) is 4.48. The lowest BCUT2D eigenvalue weighted by atomic mass is 10.1. The van der Waals surface area contributed by atoms with E-state index in [1.165, 1.54) is 18.9 Å². The van der Waals surface area contributed by atoms with Crippen LogP contribution in [-0.4, -0.2) is 12.1 Å². The van der Waals surface area contributed by atoms with Gasteiger partial charge >= 0.3 is 6.03 Å². The second kappa shape index (κ2) is 6.04. The molecule has 4 heteroatoms. The number of halogens is 1. The highest BCUT2D eigenvalue weighted by atomic mass is 19.1. The number of carbonyl (C=O) groups is 1. The number of aryl methyl sites for hydroxylation is 1. The van der Waals surface area contributed by atoms with Crippen molar-refractivity contribution in [3.05, 3.63) is 35.1 Å². The molecule has 0 heterocycles. The summed E-state index contributed by atoms with van der Waals surface area (Å²) in [5, 5.41) is 5.81. The number of rotatable bonds is 3. The van der Waals surface area contributed by atoms with E-state index in [4.69, 9.17) is 0 Å². The van der Waals surface area contributed by atoms with Crippen LogP contribution in [0.4, 0.5) is 9.18 Å². The lowest BCUT2D eigenvalue weighted by Gasteiger charge is -2.18. The summed E-state index contributed by atoms with van der Waals surface area (Å²) in [6.45, 7) is 3.59. The number of urea groups is 1. The quantitative estimate of drug-likeness (QED) is 0.862. The van der Waals surface area contributed by atoms with Crippen LogP contribution in [0.2, 0.25) is 0 Å². The highest BCUT2D eigenvalue weighted by molar-refractivity contribution is 5.74. The van der Waals surface area contributed by atoms with Crippen LogP contribution in [0.1, 0.15) is 49.8 Å². The first-order chi connectivity index (χ1) is 9.06. The summed E-state index contributed by atoms with van der Waals surface area (Å²) in [5.74, 6) is -0.234. The molecule has 1 aromatic carbocycles. The zero-order valence-corrected chi connectivity index (χ0v) is 11.5. The fourth-order valence-corrected chi connectivity index (χ4v) is 2.46. The van der Waals surface area contributed by atoms with Gasteiger partial charge in [-0.1, -0.05) is 25.0 Å². The van der Waals surface area contributed by atoms with Gasteiger partial charge in [0.2, 0.25) is 0 Å². The van der Waals surface area contributed by atoms with Crippen molar-refractivity contribution in [3.8, 4) is 0 Å². The van der Waals surface area contributed by atoms with Gasteiger partial charge in [0.15, 0.2) is 0 Å². The molecule has 104 valence electrons. The van der Waals surface area contributed by atoms with E-state index in [2.05, 4.69) is 10.6 Å².